The topological polar surface area (TPSA) is 95.8 Å². The lowest BCUT2D eigenvalue weighted by Gasteiger charge is -2.26. The number of carbonyl (C=O) groups is 1. The molecule has 1 unspecified atom stereocenters. The van der Waals surface area contributed by atoms with Gasteiger partial charge >= 0.3 is 0 Å². The first-order chi connectivity index (χ1) is 15.6. The highest BCUT2D eigenvalue weighted by Crippen LogP contribution is 2.26. The molecule has 3 aromatic rings. The molecule has 1 amide bonds. The summed E-state index contributed by atoms with van der Waals surface area (Å²) in [5, 5.41) is 3.19. The number of carbonyl (C=O) groups excluding carboxylic acids is 1. The third kappa shape index (κ3) is 5.61. The average Bonchev–Trinajstić information content (AvgIpc) is 3.29. The van der Waals surface area contributed by atoms with Gasteiger partial charge in [0.25, 0.3) is 5.91 Å². The fraction of sp³-hybridized carbons (Fsp3) is 0.333. The molecular formula is C24H30N4O4S. The van der Waals surface area contributed by atoms with Crippen LogP contribution in [0.2, 0.25) is 0 Å². The number of nitrogens with one attached hydrogen (secondary N) is 1. The summed E-state index contributed by atoms with van der Waals surface area (Å²) in [6.07, 6.45) is 4.14. The van der Waals surface area contributed by atoms with Crippen LogP contribution in [0.3, 0.4) is 0 Å². The lowest BCUT2D eigenvalue weighted by Crippen LogP contribution is -2.30. The van der Waals surface area contributed by atoms with Gasteiger partial charge < -0.3 is 14.6 Å². The largest absolute Gasteiger partial charge is 0.464 e. The molecule has 0 radical (unpaired) electrons. The predicted molar refractivity (Wildman–Crippen MR) is 127 cm³/mol. The van der Waals surface area contributed by atoms with Gasteiger partial charge in [-0.15, -0.1) is 0 Å². The molecule has 0 bridgehead atoms. The number of furan rings is 1. The molecule has 0 fully saturated rings. The van der Waals surface area contributed by atoms with Gasteiger partial charge in [0.2, 0.25) is 10.0 Å². The van der Waals surface area contributed by atoms with Crippen LogP contribution in [0.1, 0.15) is 47.3 Å². The van der Waals surface area contributed by atoms with Gasteiger partial charge in [0.1, 0.15) is 11.5 Å². The molecular weight excluding hydrogens is 440 g/mol. The van der Waals surface area contributed by atoms with Crippen LogP contribution < -0.4 is 5.32 Å². The van der Waals surface area contributed by atoms with Crippen molar-refractivity contribution >= 4 is 21.6 Å². The number of aryl methyl sites for hydroxylation is 1. The molecule has 8 nitrogen and oxygen atoms in total. The van der Waals surface area contributed by atoms with E-state index >= 15 is 0 Å². The number of amides is 1. The Kier molecular flexibility index (Phi) is 7.55. The summed E-state index contributed by atoms with van der Waals surface area (Å²) in [6, 6.07) is 11.9. The number of pyridine rings is 1. The van der Waals surface area contributed by atoms with Crippen molar-refractivity contribution in [2.24, 2.45) is 0 Å². The number of rotatable bonds is 9. The molecule has 33 heavy (non-hydrogen) atoms. The molecule has 0 aliphatic rings. The molecule has 1 aromatic carbocycles. The van der Waals surface area contributed by atoms with Gasteiger partial charge in [-0.05, 0) is 55.0 Å². The Hall–Kier alpha value is -3.17. The van der Waals surface area contributed by atoms with Crippen LogP contribution in [0.25, 0.3) is 0 Å². The van der Waals surface area contributed by atoms with E-state index in [-0.39, 0.29) is 22.4 Å². The SMILES string of the molecule is CCc1ccc(CNc2cc(C(=O)N(C)C(C)c3ccncc3)cc(S(=O)(=O)N(C)C)c2)o1. The molecule has 0 aliphatic heterocycles. The van der Waals surface area contributed by atoms with E-state index in [1.54, 1.807) is 30.4 Å². The van der Waals surface area contributed by atoms with Gasteiger partial charge in [-0.1, -0.05) is 6.92 Å². The van der Waals surface area contributed by atoms with Crippen molar-refractivity contribution < 1.29 is 17.6 Å². The second-order valence-corrected chi connectivity index (χ2v) is 10.1. The highest BCUT2D eigenvalue weighted by molar-refractivity contribution is 7.89. The minimum Gasteiger partial charge on any atom is -0.464 e. The lowest BCUT2D eigenvalue weighted by atomic mass is 10.1. The molecule has 0 saturated heterocycles. The van der Waals surface area contributed by atoms with E-state index in [9.17, 15) is 13.2 Å². The van der Waals surface area contributed by atoms with E-state index in [1.165, 1.54) is 26.2 Å². The number of hydrogen-bond donors (Lipinski definition) is 1. The minimum absolute atomic E-state index is 0.0412. The molecule has 9 heteroatoms. The van der Waals surface area contributed by atoms with Gasteiger partial charge in [-0.2, -0.15) is 0 Å². The normalized spacial score (nSPS) is 12.5. The molecule has 3 rings (SSSR count). The number of nitrogens with zero attached hydrogens (tertiary/aromatic N) is 3. The third-order valence-corrected chi connectivity index (χ3v) is 7.35. The first kappa shape index (κ1) is 24.5. The van der Waals surface area contributed by atoms with Crippen molar-refractivity contribution in [1.82, 2.24) is 14.2 Å². The van der Waals surface area contributed by atoms with Crippen molar-refractivity contribution in [3.05, 3.63) is 77.5 Å². The second kappa shape index (κ2) is 10.2. The average molecular weight is 471 g/mol. The van der Waals surface area contributed by atoms with Crippen LogP contribution in [-0.4, -0.2) is 49.7 Å². The van der Waals surface area contributed by atoms with E-state index in [2.05, 4.69) is 10.3 Å². The van der Waals surface area contributed by atoms with Crippen molar-refractivity contribution in [2.45, 2.75) is 37.8 Å². The Bertz CT molecular complexity index is 1210. The Labute approximate surface area is 195 Å². The van der Waals surface area contributed by atoms with Crippen molar-refractivity contribution in [1.29, 1.82) is 0 Å². The summed E-state index contributed by atoms with van der Waals surface area (Å²) in [6.45, 7) is 4.28. The predicted octanol–water partition coefficient (Wildman–Crippen LogP) is 3.93. The van der Waals surface area contributed by atoms with E-state index in [4.69, 9.17) is 4.42 Å². The van der Waals surface area contributed by atoms with E-state index in [0.29, 0.717) is 12.2 Å². The standard InChI is InChI=1S/C24H30N4O4S/c1-6-21-7-8-22(32-21)16-26-20-13-19(14-23(15-20)33(30,31)27(3)4)24(29)28(5)17(2)18-9-11-25-12-10-18/h7-15,17,26H,6,16H2,1-5H3. The molecule has 2 heterocycles. The van der Waals surface area contributed by atoms with Gasteiger partial charge in [0.05, 0.1) is 17.5 Å². The number of anilines is 1. The van der Waals surface area contributed by atoms with E-state index in [0.717, 1.165) is 27.8 Å². The Morgan fingerprint density at radius 3 is 2.33 bits per heavy atom. The van der Waals surface area contributed by atoms with Gasteiger partial charge in [0.15, 0.2) is 0 Å². The maximum absolute atomic E-state index is 13.3. The van der Waals surface area contributed by atoms with Crippen LogP contribution in [0.15, 0.2) is 64.2 Å². The number of aromatic nitrogens is 1. The third-order valence-electron chi connectivity index (χ3n) is 5.55. The minimum atomic E-state index is -3.75. The highest BCUT2D eigenvalue weighted by atomic mass is 32.2. The van der Waals surface area contributed by atoms with Crippen molar-refractivity contribution in [3.8, 4) is 0 Å². The van der Waals surface area contributed by atoms with E-state index < -0.39 is 10.0 Å². The molecule has 0 saturated carbocycles. The van der Waals surface area contributed by atoms with Crippen LogP contribution in [-0.2, 0) is 23.0 Å². The molecule has 0 spiro atoms. The van der Waals surface area contributed by atoms with Crippen molar-refractivity contribution in [3.63, 3.8) is 0 Å². The number of sulfonamides is 1. The second-order valence-electron chi connectivity index (χ2n) is 7.98. The summed E-state index contributed by atoms with van der Waals surface area (Å²) in [5.74, 6) is 1.31. The zero-order chi connectivity index (χ0) is 24.2. The first-order valence-electron chi connectivity index (χ1n) is 10.7. The Morgan fingerprint density at radius 1 is 1.06 bits per heavy atom. The maximum atomic E-state index is 13.3. The fourth-order valence-electron chi connectivity index (χ4n) is 3.33. The zero-order valence-corrected chi connectivity index (χ0v) is 20.4. The summed E-state index contributed by atoms with van der Waals surface area (Å²) in [7, 11) is 0.876. The zero-order valence-electron chi connectivity index (χ0n) is 19.6. The van der Waals surface area contributed by atoms with Crippen LogP contribution >= 0.6 is 0 Å². The molecule has 1 atom stereocenters. The molecule has 0 aliphatic carbocycles. The van der Waals surface area contributed by atoms with Gasteiger partial charge in [0, 0.05) is 51.2 Å². The molecule has 1 N–H and O–H groups in total. The number of benzene rings is 1. The number of hydrogen-bond acceptors (Lipinski definition) is 6. The lowest BCUT2D eigenvalue weighted by molar-refractivity contribution is 0.0742. The fourth-order valence-corrected chi connectivity index (χ4v) is 4.30. The summed E-state index contributed by atoms with van der Waals surface area (Å²) in [5.41, 5.74) is 1.72. The summed E-state index contributed by atoms with van der Waals surface area (Å²) < 4.78 is 32.5. The first-order valence-corrected chi connectivity index (χ1v) is 12.1. The summed E-state index contributed by atoms with van der Waals surface area (Å²) in [4.78, 5) is 19.0. The van der Waals surface area contributed by atoms with Gasteiger partial charge in [-0.25, -0.2) is 12.7 Å². The van der Waals surface area contributed by atoms with Crippen LogP contribution in [0.4, 0.5) is 5.69 Å². The summed E-state index contributed by atoms with van der Waals surface area (Å²) >= 11 is 0. The monoisotopic (exact) mass is 470 g/mol. The maximum Gasteiger partial charge on any atom is 0.254 e. The Morgan fingerprint density at radius 2 is 1.73 bits per heavy atom. The molecule has 176 valence electrons. The van der Waals surface area contributed by atoms with Crippen molar-refractivity contribution in [2.75, 3.05) is 26.5 Å². The smallest absolute Gasteiger partial charge is 0.254 e. The quantitative estimate of drug-likeness (QED) is 0.509. The molecule has 2 aromatic heterocycles. The van der Waals surface area contributed by atoms with Crippen LogP contribution in [0.5, 0.6) is 0 Å². The highest BCUT2D eigenvalue weighted by Gasteiger charge is 2.24. The van der Waals surface area contributed by atoms with E-state index in [1.807, 2.05) is 38.1 Å². The Balaban J connectivity index is 1.93. The van der Waals surface area contributed by atoms with Crippen LogP contribution in [0, 0.1) is 0 Å². The van der Waals surface area contributed by atoms with Gasteiger partial charge in [-0.3, -0.25) is 9.78 Å².